The Morgan fingerprint density at radius 2 is 2.12 bits per heavy atom. The standard InChI is InChI=1S/C18H17ClFN3O3/c1-23-17-12(10-22-23)7-11(18(21)24)8-16(17)26-15-4-3-13(9-14(15)20)25-6-2-5-19/h3-4,7-10H,2,5-6H2,1H3,(H2,21,24). The number of carbonyl (C=O) groups excluding carboxylic acids is 1. The van der Waals surface area contributed by atoms with Gasteiger partial charge in [-0.1, -0.05) is 0 Å². The van der Waals surface area contributed by atoms with Crippen molar-refractivity contribution in [2.24, 2.45) is 12.8 Å². The average Bonchev–Trinajstić information content (AvgIpc) is 2.99. The number of nitrogens with zero attached hydrogens (tertiary/aromatic N) is 2. The smallest absolute Gasteiger partial charge is 0.248 e. The minimum atomic E-state index is -0.607. The third-order valence-corrected chi connectivity index (χ3v) is 4.02. The number of fused-ring (bicyclic) bond motifs is 1. The summed E-state index contributed by atoms with van der Waals surface area (Å²) in [7, 11) is 1.73. The van der Waals surface area contributed by atoms with Gasteiger partial charge in [0, 0.05) is 29.9 Å². The molecule has 0 radical (unpaired) electrons. The lowest BCUT2D eigenvalue weighted by Gasteiger charge is -2.12. The number of aromatic nitrogens is 2. The van der Waals surface area contributed by atoms with Crippen molar-refractivity contribution in [1.82, 2.24) is 9.78 Å². The minimum Gasteiger partial charge on any atom is -0.493 e. The molecule has 3 rings (SSSR count). The highest BCUT2D eigenvalue weighted by molar-refractivity contribution is 6.17. The third kappa shape index (κ3) is 3.72. The summed E-state index contributed by atoms with van der Waals surface area (Å²) in [6, 6.07) is 7.38. The van der Waals surface area contributed by atoms with Gasteiger partial charge in [0.15, 0.2) is 17.3 Å². The predicted molar refractivity (Wildman–Crippen MR) is 96.5 cm³/mol. The van der Waals surface area contributed by atoms with Crippen LogP contribution in [-0.2, 0) is 7.05 Å². The van der Waals surface area contributed by atoms with E-state index in [1.165, 1.54) is 18.2 Å². The second kappa shape index (κ2) is 7.61. The number of halogens is 2. The molecule has 0 unspecified atom stereocenters. The fourth-order valence-corrected chi connectivity index (χ4v) is 2.63. The van der Waals surface area contributed by atoms with Gasteiger partial charge in [0.25, 0.3) is 0 Å². The summed E-state index contributed by atoms with van der Waals surface area (Å²) in [5.41, 5.74) is 6.23. The van der Waals surface area contributed by atoms with Gasteiger partial charge < -0.3 is 15.2 Å². The molecule has 1 amide bonds. The van der Waals surface area contributed by atoms with Crippen molar-refractivity contribution in [2.45, 2.75) is 6.42 Å². The van der Waals surface area contributed by atoms with Gasteiger partial charge in [0.2, 0.25) is 5.91 Å². The van der Waals surface area contributed by atoms with Crippen LogP contribution in [-0.4, -0.2) is 28.2 Å². The Balaban J connectivity index is 1.93. The summed E-state index contributed by atoms with van der Waals surface area (Å²) in [4.78, 5) is 11.5. The van der Waals surface area contributed by atoms with Gasteiger partial charge in [-0.25, -0.2) is 4.39 Å². The SMILES string of the molecule is Cn1ncc2cc(C(N)=O)cc(Oc3ccc(OCCCCl)cc3F)c21. The number of benzene rings is 2. The van der Waals surface area contributed by atoms with Crippen molar-refractivity contribution in [3.05, 3.63) is 47.9 Å². The Kier molecular flexibility index (Phi) is 5.27. The zero-order chi connectivity index (χ0) is 18.7. The van der Waals surface area contributed by atoms with Gasteiger partial charge in [-0.2, -0.15) is 5.10 Å². The number of hydrogen-bond donors (Lipinski definition) is 1. The van der Waals surface area contributed by atoms with E-state index >= 15 is 0 Å². The number of carbonyl (C=O) groups is 1. The number of amides is 1. The summed E-state index contributed by atoms with van der Waals surface area (Å²) in [6.07, 6.45) is 2.25. The van der Waals surface area contributed by atoms with Gasteiger partial charge >= 0.3 is 0 Å². The molecule has 6 nitrogen and oxygen atoms in total. The molecule has 0 atom stereocenters. The van der Waals surface area contributed by atoms with E-state index in [-0.39, 0.29) is 17.1 Å². The molecule has 0 aliphatic heterocycles. The van der Waals surface area contributed by atoms with Crippen molar-refractivity contribution in [3.63, 3.8) is 0 Å². The zero-order valence-electron chi connectivity index (χ0n) is 14.0. The lowest BCUT2D eigenvalue weighted by molar-refractivity contribution is 0.1000. The van der Waals surface area contributed by atoms with Crippen LogP contribution in [0.15, 0.2) is 36.5 Å². The number of alkyl halides is 1. The molecule has 0 aliphatic carbocycles. The Morgan fingerprint density at radius 1 is 1.31 bits per heavy atom. The Bertz CT molecular complexity index is 958. The van der Waals surface area contributed by atoms with Crippen LogP contribution in [0.2, 0.25) is 0 Å². The maximum absolute atomic E-state index is 14.4. The first-order chi connectivity index (χ1) is 12.5. The average molecular weight is 378 g/mol. The van der Waals surface area contributed by atoms with Crippen LogP contribution in [0.25, 0.3) is 10.9 Å². The van der Waals surface area contributed by atoms with Gasteiger partial charge in [0.05, 0.1) is 12.8 Å². The van der Waals surface area contributed by atoms with Crippen molar-refractivity contribution >= 4 is 28.4 Å². The largest absolute Gasteiger partial charge is 0.493 e. The fourth-order valence-electron chi connectivity index (χ4n) is 2.52. The maximum atomic E-state index is 14.4. The van der Waals surface area contributed by atoms with E-state index in [0.717, 1.165) is 0 Å². The van der Waals surface area contributed by atoms with Crippen LogP contribution in [0.1, 0.15) is 16.8 Å². The van der Waals surface area contributed by atoms with Crippen LogP contribution < -0.4 is 15.2 Å². The first kappa shape index (κ1) is 18.0. The molecule has 0 fully saturated rings. The van der Waals surface area contributed by atoms with Crippen LogP contribution in [0.4, 0.5) is 4.39 Å². The van der Waals surface area contributed by atoms with E-state index in [0.29, 0.717) is 35.6 Å². The molecule has 0 spiro atoms. The number of nitrogens with two attached hydrogens (primary N) is 1. The van der Waals surface area contributed by atoms with E-state index in [1.54, 1.807) is 30.1 Å². The second-order valence-electron chi connectivity index (χ2n) is 5.63. The number of hydrogen-bond acceptors (Lipinski definition) is 4. The lowest BCUT2D eigenvalue weighted by atomic mass is 10.1. The first-order valence-electron chi connectivity index (χ1n) is 7.91. The predicted octanol–water partition coefficient (Wildman–Crippen LogP) is 3.61. The van der Waals surface area contributed by atoms with E-state index in [4.69, 9.17) is 26.8 Å². The molecule has 8 heteroatoms. The van der Waals surface area contributed by atoms with Crippen LogP contribution >= 0.6 is 11.6 Å². The Labute approximate surface area is 154 Å². The molecule has 3 aromatic rings. The normalized spacial score (nSPS) is 10.9. The topological polar surface area (TPSA) is 79.4 Å². The molecule has 0 saturated carbocycles. The van der Waals surface area contributed by atoms with Gasteiger partial charge in [-0.3, -0.25) is 9.48 Å². The molecule has 2 N–H and O–H groups in total. The third-order valence-electron chi connectivity index (χ3n) is 3.75. The van der Waals surface area contributed by atoms with Crippen LogP contribution in [0.5, 0.6) is 17.2 Å². The quantitative estimate of drug-likeness (QED) is 0.504. The van der Waals surface area contributed by atoms with Crippen LogP contribution in [0, 0.1) is 5.82 Å². The molecule has 0 saturated heterocycles. The summed E-state index contributed by atoms with van der Waals surface area (Å²) >= 11 is 5.59. The molecule has 26 heavy (non-hydrogen) atoms. The summed E-state index contributed by atoms with van der Waals surface area (Å²) < 4.78 is 27.1. The molecule has 2 aromatic carbocycles. The molecular weight excluding hydrogens is 361 g/mol. The lowest BCUT2D eigenvalue weighted by Crippen LogP contribution is -2.11. The summed E-state index contributed by atoms with van der Waals surface area (Å²) in [6.45, 7) is 0.402. The van der Waals surface area contributed by atoms with Crippen LogP contribution in [0.3, 0.4) is 0 Å². The minimum absolute atomic E-state index is 0.00110. The Morgan fingerprint density at radius 3 is 2.81 bits per heavy atom. The van der Waals surface area contributed by atoms with Gasteiger partial charge in [-0.05, 0) is 30.7 Å². The molecular formula is C18H17ClFN3O3. The molecule has 136 valence electrons. The second-order valence-corrected chi connectivity index (χ2v) is 6.01. The Hall–Kier alpha value is -2.80. The first-order valence-corrected chi connectivity index (χ1v) is 8.45. The van der Waals surface area contributed by atoms with Crippen molar-refractivity contribution in [1.29, 1.82) is 0 Å². The van der Waals surface area contributed by atoms with E-state index in [9.17, 15) is 9.18 Å². The zero-order valence-corrected chi connectivity index (χ0v) is 14.8. The van der Waals surface area contributed by atoms with Crippen molar-refractivity contribution < 1.29 is 18.7 Å². The number of ether oxygens (including phenoxy) is 2. The summed E-state index contributed by atoms with van der Waals surface area (Å²) in [5, 5.41) is 4.80. The van der Waals surface area contributed by atoms with E-state index < -0.39 is 11.7 Å². The molecule has 1 heterocycles. The molecule has 0 aliphatic rings. The van der Waals surface area contributed by atoms with E-state index in [2.05, 4.69) is 5.10 Å². The molecule has 1 aromatic heterocycles. The van der Waals surface area contributed by atoms with Crippen molar-refractivity contribution in [3.8, 4) is 17.2 Å². The highest BCUT2D eigenvalue weighted by Crippen LogP contribution is 2.33. The fraction of sp³-hybridized carbons (Fsp3) is 0.222. The van der Waals surface area contributed by atoms with Gasteiger partial charge in [-0.15, -0.1) is 11.6 Å². The molecule has 0 bridgehead atoms. The number of rotatable bonds is 7. The van der Waals surface area contributed by atoms with Gasteiger partial charge in [0.1, 0.15) is 11.3 Å². The monoisotopic (exact) mass is 377 g/mol. The number of primary amides is 1. The summed E-state index contributed by atoms with van der Waals surface area (Å²) in [5.74, 6) is -0.0562. The van der Waals surface area contributed by atoms with Crippen molar-refractivity contribution in [2.75, 3.05) is 12.5 Å². The highest BCUT2D eigenvalue weighted by Gasteiger charge is 2.15. The maximum Gasteiger partial charge on any atom is 0.248 e. The van der Waals surface area contributed by atoms with E-state index in [1.807, 2.05) is 0 Å². The number of aryl methyl sites for hydroxylation is 1. The highest BCUT2D eigenvalue weighted by atomic mass is 35.5.